The Labute approximate surface area is 128 Å². The van der Waals surface area contributed by atoms with Crippen LogP contribution in [0.25, 0.3) is 6.08 Å². The van der Waals surface area contributed by atoms with E-state index in [4.69, 9.17) is 0 Å². The highest BCUT2D eigenvalue weighted by atomic mass is 79.9. The van der Waals surface area contributed by atoms with Crippen molar-refractivity contribution < 1.29 is 9.90 Å². The summed E-state index contributed by atoms with van der Waals surface area (Å²) in [4.78, 5) is 13.8. The molecule has 4 heteroatoms. The Hall–Kier alpha value is -1.13. The quantitative estimate of drug-likeness (QED) is 0.842. The van der Waals surface area contributed by atoms with Gasteiger partial charge >= 0.3 is 0 Å². The lowest BCUT2D eigenvalue weighted by Crippen LogP contribution is -2.45. The lowest BCUT2D eigenvalue weighted by atomic mass is 9.96. The van der Waals surface area contributed by atoms with Gasteiger partial charge in [-0.2, -0.15) is 0 Å². The number of aliphatic hydroxyl groups excluding tert-OH is 1. The van der Waals surface area contributed by atoms with Gasteiger partial charge in [-0.25, -0.2) is 0 Å². The molecule has 108 valence electrons. The average Bonchev–Trinajstić information content (AvgIpc) is 2.40. The van der Waals surface area contributed by atoms with Crippen LogP contribution in [-0.4, -0.2) is 35.1 Å². The standard InChI is InChI=1S/C16H20BrNO2/c1-11-3-4-13(14(17)9-11)5-6-16(20)18-8-7-12(2)15(19)10-18/h3-6,9,12,15,19H,7-8,10H2,1-2H3/b6-5+. The average molecular weight is 338 g/mol. The molecule has 1 aliphatic rings. The maximum absolute atomic E-state index is 12.1. The van der Waals surface area contributed by atoms with Gasteiger partial charge in [0.1, 0.15) is 0 Å². The normalized spacial score (nSPS) is 23.3. The van der Waals surface area contributed by atoms with Crippen LogP contribution in [0.5, 0.6) is 0 Å². The number of likely N-dealkylation sites (tertiary alicyclic amines) is 1. The van der Waals surface area contributed by atoms with Gasteiger partial charge < -0.3 is 10.0 Å². The third-order valence-corrected chi connectivity index (χ3v) is 4.48. The number of hydrogen-bond donors (Lipinski definition) is 1. The minimum Gasteiger partial charge on any atom is -0.391 e. The first-order valence-electron chi connectivity index (χ1n) is 6.88. The summed E-state index contributed by atoms with van der Waals surface area (Å²) < 4.78 is 0.980. The number of piperidine rings is 1. The van der Waals surface area contributed by atoms with Gasteiger partial charge in [-0.05, 0) is 42.5 Å². The number of carbonyl (C=O) groups excluding carboxylic acids is 1. The highest BCUT2D eigenvalue weighted by Gasteiger charge is 2.26. The summed E-state index contributed by atoms with van der Waals surface area (Å²) in [6, 6.07) is 6.02. The number of hydrogen-bond acceptors (Lipinski definition) is 2. The fraction of sp³-hybridized carbons (Fsp3) is 0.438. The first kappa shape index (κ1) is 15.3. The Morgan fingerprint density at radius 3 is 2.90 bits per heavy atom. The van der Waals surface area contributed by atoms with Crippen LogP contribution < -0.4 is 0 Å². The van der Waals surface area contributed by atoms with Crippen molar-refractivity contribution in [3.8, 4) is 0 Å². The molecule has 0 aromatic heterocycles. The van der Waals surface area contributed by atoms with Crippen LogP contribution in [0.2, 0.25) is 0 Å². The number of halogens is 1. The predicted molar refractivity (Wildman–Crippen MR) is 84.3 cm³/mol. The Bertz CT molecular complexity index is 527. The van der Waals surface area contributed by atoms with Crippen molar-refractivity contribution >= 4 is 27.9 Å². The van der Waals surface area contributed by atoms with Gasteiger partial charge in [0.2, 0.25) is 5.91 Å². The number of amides is 1. The van der Waals surface area contributed by atoms with Crippen molar-refractivity contribution in [3.05, 3.63) is 39.9 Å². The van der Waals surface area contributed by atoms with Crippen LogP contribution in [0.15, 0.2) is 28.7 Å². The number of aliphatic hydroxyl groups is 1. The monoisotopic (exact) mass is 337 g/mol. The molecule has 1 amide bonds. The van der Waals surface area contributed by atoms with E-state index in [1.165, 1.54) is 5.56 Å². The second-order valence-corrected chi connectivity index (χ2v) is 6.33. The van der Waals surface area contributed by atoms with Crippen LogP contribution in [0.3, 0.4) is 0 Å². The highest BCUT2D eigenvalue weighted by Crippen LogP contribution is 2.21. The zero-order valence-corrected chi connectivity index (χ0v) is 13.4. The predicted octanol–water partition coefficient (Wildman–Crippen LogP) is 3.00. The van der Waals surface area contributed by atoms with Crippen LogP contribution in [0.1, 0.15) is 24.5 Å². The summed E-state index contributed by atoms with van der Waals surface area (Å²) in [7, 11) is 0. The van der Waals surface area contributed by atoms with Crippen molar-refractivity contribution in [1.82, 2.24) is 4.90 Å². The van der Waals surface area contributed by atoms with E-state index in [9.17, 15) is 9.90 Å². The molecule has 1 aromatic carbocycles. The van der Waals surface area contributed by atoms with Gasteiger partial charge in [-0.15, -0.1) is 0 Å². The molecule has 0 saturated carbocycles. The van der Waals surface area contributed by atoms with Gasteiger partial charge in [-0.3, -0.25) is 4.79 Å². The van der Waals surface area contributed by atoms with Crippen molar-refractivity contribution in [3.63, 3.8) is 0 Å². The largest absolute Gasteiger partial charge is 0.391 e. The minimum absolute atomic E-state index is 0.0385. The minimum atomic E-state index is -0.410. The lowest BCUT2D eigenvalue weighted by molar-refractivity contribution is -0.130. The number of benzene rings is 1. The number of nitrogens with zero attached hydrogens (tertiary/aromatic N) is 1. The van der Waals surface area contributed by atoms with E-state index in [0.29, 0.717) is 6.54 Å². The molecular formula is C16H20BrNO2. The van der Waals surface area contributed by atoms with E-state index in [-0.39, 0.29) is 11.8 Å². The second-order valence-electron chi connectivity index (χ2n) is 5.48. The fourth-order valence-electron chi connectivity index (χ4n) is 2.28. The Morgan fingerprint density at radius 2 is 2.25 bits per heavy atom. The Kier molecular flexibility index (Phi) is 5.00. The first-order chi connectivity index (χ1) is 9.47. The molecular weight excluding hydrogens is 318 g/mol. The molecule has 20 heavy (non-hydrogen) atoms. The van der Waals surface area contributed by atoms with E-state index in [1.54, 1.807) is 11.0 Å². The van der Waals surface area contributed by atoms with E-state index in [0.717, 1.165) is 23.0 Å². The second kappa shape index (κ2) is 6.55. The molecule has 1 aliphatic heterocycles. The molecule has 2 rings (SSSR count). The molecule has 2 unspecified atom stereocenters. The molecule has 1 heterocycles. The molecule has 0 aliphatic carbocycles. The maximum atomic E-state index is 12.1. The summed E-state index contributed by atoms with van der Waals surface area (Å²) in [6.07, 6.45) is 3.84. The summed E-state index contributed by atoms with van der Waals surface area (Å²) in [5.74, 6) is 0.234. The van der Waals surface area contributed by atoms with Crippen molar-refractivity contribution in [2.75, 3.05) is 13.1 Å². The SMILES string of the molecule is Cc1ccc(/C=C/C(=O)N2CCC(C)C(O)C2)c(Br)c1. The van der Waals surface area contributed by atoms with Gasteiger partial charge in [0.25, 0.3) is 0 Å². The number of β-amino-alcohol motifs (C(OH)–C–C–N with tert-alkyl or cyclic N) is 1. The Balaban J connectivity index is 2.02. The zero-order chi connectivity index (χ0) is 14.7. The van der Waals surface area contributed by atoms with Gasteiger partial charge in [-0.1, -0.05) is 35.0 Å². The molecule has 1 aromatic rings. The summed E-state index contributed by atoms with van der Waals surface area (Å²) in [5.41, 5.74) is 2.16. The topological polar surface area (TPSA) is 40.5 Å². The number of aryl methyl sites for hydroxylation is 1. The molecule has 1 saturated heterocycles. The molecule has 1 N–H and O–H groups in total. The van der Waals surface area contributed by atoms with E-state index >= 15 is 0 Å². The van der Waals surface area contributed by atoms with Crippen LogP contribution in [0, 0.1) is 12.8 Å². The first-order valence-corrected chi connectivity index (χ1v) is 7.68. The highest BCUT2D eigenvalue weighted by molar-refractivity contribution is 9.10. The molecule has 0 radical (unpaired) electrons. The fourth-order valence-corrected chi connectivity index (χ4v) is 2.91. The van der Waals surface area contributed by atoms with E-state index in [1.807, 2.05) is 38.1 Å². The summed E-state index contributed by atoms with van der Waals surface area (Å²) in [5, 5.41) is 9.83. The van der Waals surface area contributed by atoms with Gasteiger partial charge in [0.15, 0.2) is 0 Å². The maximum Gasteiger partial charge on any atom is 0.246 e. The number of carbonyl (C=O) groups is 1. The van der Waals surface area contributed by atoms with E-state index in [2.05, 4.69) is 15.9 Å². The van der Waals surface area contributed by atoms with Crippen LogP contribution >= 0.6 is 15.9 Å². The van der Waals surface area contributed by atoms with Gasteiger partial charge in [0, 0.05) is 23.6 Å². The van der Waals surface area contributed by atoms with Crippen LogP contribution in [0.4, 0.5) is 0 Å². The van der Waals surface area contributed by atoms with Crippen molar-refractivity contribution in [1.29, 1.82) is 0 Å². The van der Waals surface area contributed by atoms with Crippen molar-refractivity contribution in [2.45, 2.75) is 26.4 Å². The molecule has 2 atom stereocenters. The summed E-state index contributed by atoms with van der Waals surface area (Å²) >= 11 is 3.49. The molecule has 0 spiro atoms. The van der Waals surface area contributed by atoms with Crippen LogP contribution in [-0.2, 0) is 4.79 Å². The smallest absolute Gasteiger partial charge is 0.246 e. The molecule has 0 bridgehead atoms. The Morgan fingerprint density at radius 1 is 1.50 bits per heavy atom. The molecule has 3 nitrogen and oxygen atoms in total. The van der Waals surface area contributed by atoms with Gasteiger partial charge in [0.05, 0.1) is 6.10 Å². The number of rotatable bonds is 2. The third kappa shape index (κ3) is 3.70. The third-order valence-electron chi connectivity index (χ3n) is 3.79. The van der Waals surface area contributed by atoms with E-state index < -0.39 is 6.10 Å². The summed E-state index contributed by atoms with van der Waals surface area (Å²) in [6.45, 7) is 5.20. The zero-order valence-electron chi connectivity index (χ0n) is 11.8. The van der Waals surface area contributed by atoms with Crippen molar-refractivity contribution in [2.24, 2.45) is 5.92 Å². The molecule has 1 fully saturated rings. The lowest BCUT2D eigenvalue weighted by Gasteiger charge is -2.33.